The van der Waals surface area contributed by atoms with E-state index in [0.29, 0.717) is 6.54 Å². The summed E-state index contributed by atoms with van der Waals surface area (Å²) in [6.07, 6.45) is 4.31. The van der Waals surface area contributed by atoms with Crippen LogP contribution in [0.1, 0.15) is 66.4 Å². The molecule has 2 saturated heterocycles. The quantitative estimate of drug-likeness (QED) is 0.785. The largest absolute Gasteiger partial charge is 0.444 e. The number of anilines is 1. The molecule has 3 heterocycles. The van der Waals surface area contributed by atoms with Gasteiger partial charge in [-0.2, -0.15) is 0 Å². The summed E-state index contributed by atoms with van der Waals surface area (Å²) < 4.78 is 11.5. The van der Waals surface area contributed by atoms with E-state index in [1.54, 1.807) is 47.7 Å². The molecule has 1 aromatic heterocycles. The second-order valence-corrected chi connectivity index (χ2v) is 9.82. The van der Waals surface area contributed by atoms with E-state index < -0.39 is 29.6 Å². The van der Waals surface area contributed by atoms with Crippen molar-refractivity contribution in [1.29, 1.82) is 0 Å². The molecule has 1 aromatic rings. The average Bonchev–Trinajstić information content (AvgIpc) is 2.94. The van der Waals surface area contributed by atoms with Crippen molar-refractivity contribution in [2.75, 3.05) is 18.0 Å². The molecule has 0 unspecified atom stereocenters. The highest BCUT2D eigenvalue weighted by Crippen LogP contribution is 2.34. The number of nitrogens with zero attached hydrogens (tertiary/aromatic N) is 3. The van der Waals surface area contributed by atoms with Gasteiger partial charge in [0.2, 0.25) is 5.91 Å². The standard InChI is InChI=1S/C23H36N4O4/c1-16-18(27(23(5,6)30-16)21(29)31-22(2,3)4)20(28)25-15-17-11-10-12-24-19(17)26-13-8-7-9-14-26/h10-12,16,18H,7-9,13-15H2,1-6H3,(H,25,28)/t16-,18+/m1/s1. The van der Waals surface area contributed by atoms with E-state index in [-0.39, 0.29) is 5.91 Å². The van der Waals surface area contributed by atoms with Crippen molar-refractivity contribution in [3.63, 3.8) is 0 Å². The van der Waals surface area contributed by atoms with Gasteiger partial charge in [-0.1, -0.05) is 6.07 Å². The van der Waals surface area contributed by atoms with Crippen molar-refractivity contribution in [3.05, 3.63) is 23.9 Å². The van der Waals surface area contributed by atoms with Crippen LogP contribution in [0.3, 0.4) is 0 Å². The van der Waals surface area contributed by atoms with Crippen molar-refractivity contribution in [1.82, 2.24) is 15.2 Å². The molecule has 1 N–H and O–H groups in total. The second kappa shape index (κ2) is 9.02. The van der Waals surface area contributed by atoms with E-state index in [2.05, 4.69) is 15.2 Å². The van der Waals surface area contributed by atoms with Gasteiger partial charge in [0.05, 0.1) is 6.10 Å². The summed E-state index contributed by atoms with van der Waals surface area (Å²) in [7, 11) is 0. The third kappa shape index (κ3) is 5.47. The molecule has 2 aliphatic heterocycles. The van der Waals surface area contributed by atoms with Gasteiger partial charge in [0.25, 0.3) is 0 Å². The zero-order valence-corrected chi connectivity index (χ0v) is 19.6. The Kier molecular flexibility index (Phi) is 6.79. The SMILES string of the molecule is C[C@H]1OC(C)(C)N(C(=O)OC(C)(C)C)[C@@H]1C(=O)NCc1cccnc1N1CCCCC1. The molecule has 0 bridgehead atoms. The van der Waals surface area contributed by atoms with Gasteiger partial charge in [-0.15, -0.1) is 0 Å². The molecule has 0 saturated carbocycles. The maximum Gasteiger partial charge on any atom is 0.413 e. The van der Waals surface area contributed by atoms with Gasteiger partial charge >= 0.3 is 6.09 Å². The van der Waals surface area contributed by atoms with Crippen LogP contribution in [0.5, 0.6) is 0 Å². The van der Waals surface area contributed by atoms with Gasteiger partial charge in [-0.25, -0.2) is 9.78 Å². The zero-order valence-electron chi connectivity index (χ0n) is 19.6. The number of nitrogens with one attached hydrogen (secondary N) is 1. The van der Waals surface area contributed by atoms with E-state index in [0.717, 1.165) is 37.3 Å². The van der Waals surface area contributed by atoms with Gasteiger partial charge in [0.15, 0.2) is 0 Å². The van der Waals surface area contributed by atoms with Crippen LogP contribution in [-0.2, 0) is 20.8 Å². The molecule has 0 aromatic carbocycles. The molecule has 31 heavy (non-hydrogen) atoms. The predicted octanol–water partition coefficient (Wildman–Crippen LogP) is 3.45. The number of hydrogen-bond donors (Lipinski definition) is 1. The van der Waals surface area contributed by atoms with Crippen LogP contribution >= 0.6 is 0 Å². The second-order valence-electron chi connectivity index (χ2n) is 9.82. The Hall–Kier alpha value is -2.35. The summed E-state index contributed by atoms with van der Waals surface area (Å²) in [6.45, 7) is 13.1. The van der Waals surface area contributed by atoms with Crippen LogP contribution in [0.25, 0.3) is 0 Å². The first-order valence-electron chi connectivity index (χ1n) is 11.2. The van der Waals surface area contributed by atoms with Crippen molar-refractivity contribution in [2.45, 2.75) is 90.8 Å². The Morgan fingerprint density at radius 2 is 1.94 bits per heavy atom. The number of carbonyl (C=O) groups is 2. The predicted molar refractivity (Wildman–Crippen MR) is 119 cm³/mol. The highest BCUT2D eigenvalue weighted by Gasteiger charge is 2.52. The Morgan fingerprint density at radius 3 is 2.58 bits per heavy atom. The van der Waals surface area contributed by atoms with Crippen LogP contribution in [-0.4, -0.2) is 58.4 Å². The number of hydrogen-bond acceptors (Lipinski definition) is 6. The number of pyridine rings is 1. The van der Waals surface area contributed by atoms with Crippen molar-refractivity contribution >= 4 is 17.8 Å². The fourth-order valence-corrected chi connectivity index (χ4v) is 4.34. The summed E-state index contributed by atoms with van der Waals surface area (Å²) >= 11 is 0. The number of ether oxygens (including phenoxy) is 2. The lowest BCUT2D eigenvalue weighted by Crippen LogP contribution is -2.55. The first-order valence-corrected chi connectivity index (χ1v) is 11.2. The fourth-order valence-electron chi connectivity index (χ4n) is 4.34. The van der Waals surface area contributed by atoms with E-state index in [4.69, 9.17) is 9.47 Å². The number of aromatic nitrogens is 1. The summed E-state index contributed by atoms with van der Waals surface area (Å²) in [5.41, 5.74) is -0.650. The molecule has 8 heteroatoms. The van der Waals surface area contributed by atoms with Crippen molar-refractivity contribution in [2.24, 2.45) is 0 Å². The van der Waals surface area contributed by atoms with Gasteiger partial charge in [0, 0.05) is 31.4 Å². The van der Waals surface area contributed by atoms with Gasteiger partial charge in [-0.3, -0.25) is 9.69 Å². The maximum absolute atomic E-state index is 13.2. The molecular weight excluding hydrogens is 396 g/mol. The lowest BCUT2D eigenvalue weighted by atomic mass is 10.1. The summed E-state index contributed by atoms with van der Waals surface area (Å²) in [4.78, 5) is 34.4. The Balaban J connectivity index is 1.74. The minimum Gasteiger partial charge on any atom is -0.444 e. The topological polar surface area (TPSA) is 84.0 Å². The lowest BCUT2D eigenvalue weighted by molar-refractivity contribution is -0.127. The summed E-state index contributed by atoms with van der Waals surface area (Å²) in [5.74, 6) is 0.653. The number of piperidine rings is 1. The first kappa shape index (κ1) is 23.3. The smallest absolute Gasteiger partial charge is 0.413 e. The maximum atomic E-state index is 13.2. The molecule has 2 fully saturated rings. The van der Waals surface area contributed by atoms with Crippen molar-refractivity contribution in [3.8, 4) is 0 Å². The van der Waals surface area contributed by atoms with E-state index in [1.165, 1.54) is 11.3 Å². The highest BCUT2D eigenvalue weighted by atomic mass is 16.6. The molecule has 8 nitrogen and oxygen atoms in total. The normalized spacial score (nSPS) is 23.5. The van der Waals surface area contributed by atoms with Crippen LogP contribution < -0.4 is 10.2 Å². The van der Waals surface area contributed by atoms with Crippen LogP contribution in [0, 0.1) is 0 Å². The molecule has 0 radical (unpaired) electrons. The summed E-state index contributed by atoms with van der Waals surface area (Å²) in [6, 6.07) is 3.09. The monoisotopic (exact) mass is 432 g/mol. The zero-order chi connectivity index (χ0) is 22.8. The minimum absolute atomic E-state index is 0.266. The fraction of sp³-hybridized carbons (Fsp3) is 0.696. The van der Waals surface area contributed by atoms with E-state index in [9.17, 15) is 9.59 Å². The molecule has 3 rings (SSSR count). The molecule has 0 spiro atoms. The first-order chi connectivity index (χ1) is 14.5. The van der Waals surface area contributed by atoms with Crippen LogP contribution in [0.15, 0.2) is 18.3 Å². The summed E-state index contributed by atoms with van der Waals surface area (Å²) in [5, 5.41) is 3.00. The van der Waals surface area contributed by atoms with Crippen molar-refractivity contribution < 1.29 is 19.1 Å². The Labute approximate surface area is 185 Å². The number of rotatable bonds is 4. The molecule has 2 atom stereocenters. The average molecular weight is 433 g/mol. The van der Waals surface area contributed by atoms with Crippen LogP contribution in [0.4, 0.5) is 10.6 Å². The van der Waals surface area contributed by atoms with E-state index in [1.807, 2.05) is 12.1 Å². The van der Waals surface area contributed by atoms with E-state index >= 15 is 0 Å². The minimum atomic E-state index is -0.947. The number of amides is 2. The molecule has 172 valence electrons. The molecule has 2 aliphatic rings. The van der Waals surface area contributed by atoms with Crippen LogP contribution in [0.2, 0.25) is 0 Å². The third-order valence-electron chi connectivity index (χ3n) is 5.61. The van der Waals surface area contributed by atoms with Gasteiger partial charge in [-0.05, 0) is 66.9 Å². The Morgan fingerprint density at radius 1 is 1.26 bits per heavy atom. The van der Waals surface area contributed by atoms with Gasteiger partial charge in [0.1, 0.15) is 23.2 Å². The molecular formula is C23H36N4O4. The third-order valence-corrected chi connectivity index (χ3v) is 5.61. The molecule has 2 amide bonds. The highest BCUT2D eigenvalue weighted by molar-refractivity contribution is 5.87. The van der Waals surface area contributed by atoms with Gasteiger partial charge < -0.3 is 19.7 Å². The number of carbonyl (C=O) groups excluding carboxylic acids is 2. The lowest BCUT2D eigenvalue weighted by Gasteiger charge is -2.34. The Bertz CT molecular complexity index is 799. The molecule has 0 aliphatic carbocycles.